The minimum absolute atomic E-state index is 0.0123. The second-order valence-corrected chi connectivity index (χ2v) is 12.0. The Balaban J connectivity index is 1.27. The monoisotopic (exact) mass is 834 g/mol. The van der Waals surface area contributed by atoms with Crippen LogP contribution >= 0.6 is 0 Å². The largest absolute Gasteiger partial charge is 0.481 e. The number of benzene rings is 2. The maximum absolute atomic E-state index is 13.1. The Bertz CT molecular complexity index is 1390. The van der Waals surface area contributed by atoms with Crippen LogP contribution < -0.4 is 10.6 Å². The van der Waals surface area contributed by atoms with Gasteiger partial charge in [-0.3, -0.25) is 9.59 Å². The van der Waals surface area contributed by atoms with Crippen molar-refractivity contribution in [2.45, 2.75) is 25.4 Å². The summed E-state index contributed by atoms with van der Waals surface area (Å²) in [5.74, 6) is -1.92. The van der Waals surface area contributed by atoms with E-state index >= 15 is 0 Å². The molecule has 19 heteroatoms. The van der Waals surface area contributed by atoms with Crippen molar-refractivity contribution in [1.82, 2.24) is 5.32 Å². The summed E-state index contributed by atoms with van der Waals surface area (Å²) in [4.78, 5) is 34.4. The van der Waals surface area contributed by atoms with E-state index < -0.39 is 23.7 Å². The van der Waals surface area contributed by atoms with Crippen LogP contribution in [0.1, 0.15) is 35.2 Å². The van der Waals surface area contributed by atoms with Gasteiger partial charge in [0.1, 0.15) is 6.61 Å². The number of carboxylic acids is 1. The smallest absolute Gasteiger partial charge is 0.416 e. The van der Waals surface area contributed by atoms with E-state index in [1.807, 2.05) is 0 Å². The molecule has 0 unspecified atom stereocenters. The molecular weight excluding hydrogens is 777 g/mol. The Labute approximate surface area is 336 Å². The van der Waals surface area contributed by atoms with Crippen molar-refractivity contribution in [2.75, 3.05) is 137 Å². The van der Waals surface area contributed by atoms with Crippen molar-refractivity contribution in [3.63, 3.8) is 0 Å². The molecular formula is C39H57F3N2O14. The second-order valence-electron chi connectivity index (χ2n) is 12.0. The number of hydrogen-bond acceptors (Lipinski definition) is 14. The molecule has 0 saturated heterocycles. The molecule has 0 atom stereocenters. The number of anilines is 2. The first-order valence-electron chi connectivity index (χ1n) is 19.1. The lowest BCUT2D eigenvalue weighted by atomic mass is 10.1. The lowest BCUT2D eigenvalue weighted by molar-refractivity contribution is -0.139. The topological polar surface area (TPSA) is 188 Å². The Kier molecular flexibility index (Phi) is 28.6. The number of alkyl halides is 3. The van der Waals surface area contributed by atoms with Crippen molar-refractivity contribution < 1.29 is 80.0 Å². The van der Waals surface area contributed by atoms with E-state index in [0.717, 1.165) is 12.1 Å². The zero-order chi connectivity index (χ0) is 41.9. The molecule has 328 valence electrons. The molecule has 16 nitrogen and oxygen atoms in total. The predicted molar refractivity (Wildman–Crippen MR) is 203 cm³/mol. The summed E-state index contributed by atoms with van der Waals surface area (Å²) in [5.41, 5.74) is -0.121. The van der Waals surface area contributed by atoms with Crippen LogP contribution in [0.5, 0.6) is 0 Å². The number of carboxylic acid groups (broad SMARTS) is 1. The number of carbonyl (C=O) groups is 3. The average molecular weight is 835 g/mol. The predicted octanol–water partition coefficient (Wildman–Crippen LogP) is 4.13. The summed E-state index contributed by atoms with van der Waals surface area (Å²) >= 11 is 0. The minimum Gasteiger partial charge on any atom is -0.481 e. The molecule has 2 rings (SSSR count). The number of nitrogens with one attached hydrogen (secondary N) is 2. The van der Waals surface area contributed by atoms with E-state index in [0.29, 0.717) is 124 Å². The van der Waals surface area contributed by atoms with E-state index in [2.05, 4.69) is 10.6 Å². The van der Waals surface area contributed by atoms with Crippen LogP contribution in [-0.4, -0.2) is 155 Å². The molecule has 58 heavy (non-hydrogen) atoms. The maximum Gasteiger partial charge on any atom is 0.416 e. The first-order valence-corrected chi connectivity index (χ1v) is 19.1. The van der Waals surface area contributed by atoms with Crippen LogP contribution in [0, 0.1) is 0 Å². The summed E-state index contributed by atoms with van der Waals surface area (Å²) in [5, 5.41) is 14.0. The lowest BCUT2D eigenvalue weighted by Gasteiger charge is -2.13. The fourth-order valence-electron chi connectivity index (χ4n) is 4.54. The highest BCUT2D eigenvalue weighted by Gasteiger charge is 2.30. The molecule has 0 aliphatic carbocycles. The minimum atomic E-state index is -4.48. The van der Waals surface area contributed by atoms with Gasteiger partial charge in [0.2, 0.25) is 5.91 Å². The molecule has 0 bridgehead atoms. The molecule has 0 aromatic heterocycles. The van der Waals surface area contributed by atoms with Crippen molar-refractivity contribution in [2.24, 2.45) is 0 Å². The lowest BCUT2D eigenvalue weighted by Crippen LogP contribution is -2.25. The number of carbonyl (C=O) groups excluding carboxylic acids is 2. The SMILES string of the molecule is O=C(O)CCC(=O)NCCCOCCOCCOCCOCCOCCOCCOCCOCCOCCOC(=O)c1ccccc1Nc1cccc(C(F)(F)F)c1. The van der Waals surface area contributed by atoms with Crippen LogP contribution in [-0.2, 0) is 63.1 Å². The quantitative estimate of drug-likeness (QED) is 0.0651. The third-order valence-electron chi connectivity index (χ3n) is 7.41. The number of ether oxygens (including phenoxy) is 10. The van der Waals surface area contributed by atoms with Crippen molar-refractivity contribution >= 4 is 29.2 Å². The van der Waals surface area contributed by atoms with Gasteiger partial charge in [-0.25, -0.2) is 4.79 Å². The van der Waals surface area contributed by atoms with E-state index in [9.17, 15) is 27.6 Å². The number of para-hydroxylation sites is 1. The van der Waals surface area contributed by atoms with Crippen LogP contribution in [0.2, 0.25) is 0 Å². The summed E-state index contributed by atoms with van der Waals surface area (Å²) in [6, 6.07) is 11.1. The van der Waals surface area contributed by atoms with Crippen molar-refractivity contribution in [1.29, 1.82) is 0 Å². The van der Waals surface area contributed by atoms with Crippen LogP contribution in [0.4, 0.5) is 24.5 Å². The molecule has 0 saturated carbocycles. The normalized spacial score (nSPS) is 11.4. The summed E-state index contributed by atoms with van der Waals surface area (Å²) in [6.07, 6.45) is -4.06. The molecule has 2 aromatic rings. The van der Waals surface area contributed by atoms with Gasteiger partial charge in [0.25, 0.3) is 0 Å². The summed E-state index contributed by atoms with van der Waals surface area (Å²) in [6.45, 7) is 7.59. The Morgan fingerprint density at radius 2 is 1.00 bits per heavy atom. The van der Waals surface area contributed by atoms with Gasteiger partial charge >= 0.3 is 18.1 Å². The Hall–Kier alpha value is -3.92. The molecule has 2 aromatic carbocycles. The van der Waals surface area contributed by atoms with Crippen LogP contribution in [0.15, 0.2) is 48.5 Å². The van der Waals surface area contributed by atoms with Gasteiger partial charge in [-0.15, -0.1) is 0 Å². The number of hydrogen-bond donors (Lipinski definition) is 3. The van der Waals surface area contributed by atoms with Gasteiger partial charge in [-0.1, -0.05) is 18.2 Å². The molecule has 3 N–H and O–H groups in total. The third-order valence-corrected chi connectivity index (χ3v) is 7.41. The molecule has 0 spiro atoms. The first kappa shape index (κ1) is 50.2. The Morgan fingerprint density at radius 3 is 1.47 bits per heavy atom. The maximum atomic E-state index is 13.1. The number of aliphatic carboxylic acids is 1. The highest BCUT2D eigenvalue weighted by atomic mass is 19.4. The standard InChI is InChI=1S/C39H57F3N2O14/c40-39(41,42)32-5-3-6-33(31-32)44-35-8-2-1-7-34(35)38(48)58-30-29-57-28-27-56-26-25-55-24-23-54-22-21-53-20-19-52-18-17-51-16-15-50-14-13-49-12-4-11-43-36(45)9-10-37(46)47/h1-3,5-8,31,44H,4,9-30H2,(H,43,45)(H,46,47). The highest BCUT2D eigenvalue weighted by molar-refractivity contribution is 5.96. The molecule has 0 aliphatic heterocycles. The van der Waals surface area contributed by atoms with Gasteiger partial charge in [-0.05, 0) is 36.8 Å². The number of amides is 1. The van der Waals surface area contributed by atoms with E-state index in [1.165, 1.54) is 18.2 Å². The summed E-state index contributed by atoms with van der Waals surface area (Å²) in [7, 11) is 0. The fourth-order valence-corrected chi connectivity index (χ4v) is 4.54. The molecule has 0 radical (unpaired) electrons. The number of halogens is 3. The van der Waals surface area contributed by atoms with E-state index in [1.54, 1.807) is 18.2 Å². The molecule has 0 fully saturated rings. The van der Waals surface area contributed by atoms with Crippen molar-refractivity contribution in [3.8, 4) is 0 Å². The fraction of sp³-hybridized carbons (Fsp3) is 0.615. The van der Waals surface area contributed by atoms with E-state index in [4.69, 9.17) is 52.5 Å². The molecule has 1 amide bonds. The molecule has 0 aliphatic rings. The summed E-state index contributed by atoms with van der Waals surface area (Å²) < 4.78 is 93.4. The average Bonchev–Trinajstić information content (AvgIpc) is 3.20. The molecule has 0 heterocycles. The van der Waals surface area contributed by atoms with Crippen LogP contribution in [0.25, 0.3) is 0 Å². The Morgan fingerprint density at radius 1 is 0.552 bits per heavy atom. The van der Waals surface area contributed by atoms with Gasteiger partial charge in [0.15, 0.2) is 0 Å². The first-order chi connectivity index (χ1) is 28.2. The van der Waals surface area contributed by atoms with Gasteiger partial charge in [0.05, 0.1) is 136 Å². The van der Waals surface area contributed by atoms with Gasteiger partial charge < -0.3 is 63.1 Å². The van der Waals surface area contributed by atoms with Gasteiger partial charge in [-0.2, -0.15) is 13.2 Å². The van der Waals surface area contributed by atoms with Gasteiger partial charge in [0, 0.05) is 25.3 Å². The zero-order valence-corrected chi connectivity index (χ0v) is 32.8. The van der Waals surface area contributed by atoms with E-state index in [-0.39, 0.29) is 49.8 Å². The number of esters is 1. The highest BCUT2D eigenvalue weighted by Crippen LogP contribution is 2.32. The third kappa shape index (κ3) is 26.9. The van der Waals surface area contributed by atoms with Crippen molar-refractivity contribution in [3.05, 3.63) is 59.7 Å². The number of rotatable bonds is 37. The zero-order valence-electron chi connectivity index (χ0n) is 32.8. The van der Waals surface area contributed by atoms with Crippen LogP contribution in [0.3, 0.4) is 0 Å². The second kappa shape index (κ2) is 33.0.